The number of carbonyl (C=O) groups is 1. The third kappa shape index (κ3) is 7.49. The van der Waals surface area contributed by atoms with E-state index in [1.165, 1.54) is 0 Å². The van der Waals surface area contributed by atoms with Gasteiger partial charge in [-0.25, -0.2) is 0 Å². The molecule has 0 spiro atoms. The molecule has 2 N–H and O–H groups in total. The summed E-state index contributed by atoms with van der Waals surface area (Å²) in [4.78, 5) is 11.7. The highest BCUT2D eigenvalue weighted by Crippen LogP contribution is 2.67. The van der Waals surface area contributed by atoms with Gasteiger partial charge in [-0.1, -0.05) is 20.8 Å². The molecule has 0 aliphatic heterocycles. The van der Waals surface area contributed by atoms with Crippen molar-refractivity contribution < 1.29 is 18.6 Å². The molecule has 0 saturated carbocycles. The molecule has 0 saturated heterocycles. The fourth-order valence-corrected chi connectivity index (χ4v) is 7.78. The molecular formula is C15H32NO4PS. The van der Waals surface area contributed by atoms with E-state index in [4.69, 9.17) is 15.0 Å². The number of esters is 1. The Morgan fingerprint density at radius 2 is 1.73 bits per heavy atom. The second-order valence-electron chi connectivity index (χ2n) is 7.36. The number of rotatable bonds is 8. The summed E-state index contributed by atoms with van der Waals surface area (Å²) < 4.78 is 24.4. The Bertz CT molecular complexity index is 413. The second-order valence-corrected chi connectivity index (χ2v) is 12.1. The number of ether oxygens (including phenoxy) is 1. The van der Waals surface area contributed by atoms with Crippen LogP contribution in [0.25, 0.3) is 0 Å². The Morgan fingerprint density at radius 1 is 1.23 bits per heavy atom. The molecule has 0 aliphatic rings. The summed E-state index contributed by atoms with van der Waals surface area (Å²) in [5.41, 5.74) is 4.01. The summed E-state index contributed by atoms with van der Waals surface area (Å²) in [5.74, 6) is -0.317. The van der Waals surface area contributed by atoms with Crippen molar-refractivity contribution in [2.75, 3.05) is 5.94 Å². The molecule has 0 heterocycles. The predicted molar refractivity (Wildman–Crippen MR) is 94.2 cm³/mol. The minimum atomic E-state index is -3.02. The van der Waals surface area contributed by atoms with E-state index in [0.29, 0.717) is 0 Å². The van der Waals surface area contributed by atoms with Crippen LogP contribution in [0, 0.1) is 5.92 Å². The zero-order valence-corrected chi connectivity index (χ0v) is 16.8. The van der Waals surface area contributed by atoms with Gasteiger partial charge in [0.2, 0.25) is 0 Å². The molecule has 2 unspecified atom stereocenters. The lowest BCUT2D eigenvalue weighted by Gasteiger charge is -2.34. The average Bonchev–Trinajstić information content (AvgIpc) is 2.24. The lowest BCUT2D eigenvalue weighted by molar-refractivity contribution is -0.146. The molecule has 0 aliphatic carbocycles. The summed E-state index contributed by atoms with van der Waals surface area (Å²) in [6, 6.07) is 0. The van der Waals surface area contributed by atoms with E-state index in [1.807, 2.05) is 41.5 Å². The first kappa shape index (κ1) is 22.0. The molecule has 0 fully saturated rings. The van der Waals surface area contributed by atoms with Gasteiger partial charge in [-0.05, 0) is 58.3 Å². The molecule has 0 aromatic heterocycles. The van der Waals surface area contributed by atoms with Crippen LogP contribution in [0.5, 0.6) is 0 Å². The summed E-state index contributed by atoms with van der Waals surface area (Å²) in [6.45, 7) is 11.8. The van der Waals surface area contributed by atoms with Crippen molar-refractivity contribution in [2.45, 2.75) is 78.6 Å². The molecule has 22 heavy (non-hydrogen) atoms. The third-order valence-electron chi connectivity index (χ3n) is 2.94. The Kier molecular flexibility index (Phi) is 8.17. The molecule has 2 atom stereocenters. The molecule has 0 rings (SSSR count). The van der Waals surface area contributed by atoms with Gasteiger partial charge in [-0.15, -0.1) is 0 Å². The van der Waals surface area contributed by atoms with Crippen LogP contribution in [0.4, 0.5) is 0 Å². The van der Waals surface area contributed by atoms with E-state index >= 15 is 0 Å². The van der Waals surface area contributed by atoms with Gasteiger partial charge in [0.25, 0.3) is 6.57 Å². The lowest BCUT2D eigenvalue weighted by atomic mass is 10.1. The van der Waals surface area contributed by atoms with Crippen LogP contribution in [0.1, 0.15) is 61.8 Å². The summed E-state index contributed by atoms with van der Waals surface area (Å²) in [7, 11) is 0. The Morgan fingerprint density at radius 3 is 2.05 bits per heavy atom. The van der Waals surface area contributed by atoms with E-state index in [0.717, 1.165) is 17.8 Å². The molecular weight excluding hydrogens is 321 g/mol. The van der Waals surface area contributed by atoms with Crippen molar-refractivity contribution in [1.29, 1.82) is 0 Å². The summed E-state index contributed by atoms with van der Waals surface area (Å²) in [6.07, 6.45) is 0.744. The summed E-state index contributed by atoms with van der Waals surface area (Å²) >= 11 is 1.09. The van der Waals surface area contributed by atoms with Crippen molar-refractivity contribution in [3.63, 3.8) is 0 Å². The fourth-order valence-electron chi connectivity index (χ4n) is 1.97. The highest BCUT2D eigenvalue weighted by molar-refractivity contribution is 8.56. The highest BCUT2D eigenvalue weighted by Gasteiger charge is 2.40. The van der Waals surface area contributed by atoms with Gasteiger partial charge in [0.15, 0.2) is 0 Å². The molecule has 0 aromatic rings. The van der Waals surface area contributed by atoms with Gasteiger partial charge in [0, 0.05) is 5.66 Å². The van der Waals surface area contributed by atoms with E-state index in [1.54, 1.807) is 13.8 Å². The molecule has 0 amide bonds. The first-order chi connectivity index (χ1) is 9.73. The van der Waals surface area contributed by atoms with Crippen LogP contribution < -0.4 is 5.73 Å². The fraction of sp³-hybridized carbons (Fsp3) is 0.933. The van der Waals surface area contributed by atoms with Crippen LogP contribution in [-0.4, -0.2) is 28.7 Å². The maximum absolute atomic E-state index is 13.4. The quantitative estimate of drug-likeness (QED) is 0.396. The Hall–Kier alpha value is -0.0300. The zero-order valence-electron chi connectivity index (χ0n) is 15.1. The van der Waals surface area contributed by atoms with Gasteiger partial charge in [0.05, 0.1) is 5.60 Å². The van der Waals surface area contributed by atoms with Gasteiger partial charge < -0.3 is 15.0 Å². The minimum absolute atomic E-state index is 0.0178. The summed E-state index contributed by atoms with van der Waals surface area (Å²) in [5, 5.41) is 0. The maximum Gasteiger partial charge on any atom is 0.326 e. The normalized spacial score (nSPS) is 17.2. The molecule has 7 heteroatoms. The largest absolute Gasteiger partial charge is 0.453 e. The molecule has 132 valence electrons. The smallest absolute Gasteiger partial charge is 0.326 e. The van der Waals surface area contributed by atoms with Gasteiger partial charge in [0.1, 0.15) is 11.5 Å². The topological polar surface area (TPSA) is 78.6 Å². The van der Waals surface area contributed by atoms with Gasteiger partial charge in [-0.3, -0.25) is 9.36 Å². The Labute approximate surface area is 139 Å². The van der Waals surface area contributed by atoms with Crippen LogP contribution in [0.15, 0.2) is 0 Å². The molecule has 0 aromatic carbocycles. The predicted octanol–water partition coefficient (Wildman–Crippen LogP) is 4.40. The Balaban J connectivity index is 5.04. The lowest BCUT2D eigenvalue weighted by Crippen LogP contribution is -2.42. The van der Waals surface area contributed by atoms with Crippen LogP contribution in [-0.2, 0) is 18.6 Å². The van der Waals surface area contributed by atoms with E-state index < -0.39 is 23.7 Å². The molecule has 0 radical (unpaired) electrons. The number of carbonyl (C=O) groups excluding carboxylic acids is 1. The van der Waals surface area contributed by atoms with E-state index in [9.17, 15) is 9.36 Å². The average molecular weight is 353 g/mol. The monoisotopic (exact) mass is 353 g/mol. The highest BCUT2D eigenvalue weighted by atomic mass is 32.7. The molecule has 0 bridgehead atoms. The molecule has 5 nitrogen and oxygen atoms in total. The van der Waals surface area contributed by atoms with Crippen LogP contribution >= 0.6 is 18.0 Å². The minimum Gasteiger partial charge on any atom is -0.453 e. The van der Waals surface area contributed by atoms with Crippen molar-refractivity contribution >= 4 is 23.9 Å². The van der Waals surface area contributed by atoms with Crippen molar-refractivity contribution in [2.24, 2.45) is 11.7 Å². The number of hydrogen-bond acceptors (Lipinski definition) is 6. The van der Waals surface area contributed by atoms with E-state index in [-0.39, 0.29) is 17.5 Å². The van der Waals surface area contributed by atoms with Crippen LogP contribution in [0.3, 0.4) is 0 Å². The number of hydrogen-bond donors (Lipinski definition) is 1. The van der Waals surface area contributed by atoms with Crippen molar-refractivity contribution in [1.82, 2.24) is 0 Å². The van der Waals surface area contributed by atoms with Crippen molar-refractivity contribution in [3.05, 3.63) is 0 Å². The second kappa shape index (κ2) is 8.18. The third-order valence-corrected chi connectivity index (χ3v) is 8.53. The standard InChI is InChI=1S/C15H32NO4PS/c1-9-12(11(2)3)21(18,20-14(4,5)6)22-10-19-13(17)15(7,8)16/h11-12H,9-10,16H2,1-8H3. The first-order valence-corrected chi connectivity index (χ1v) is 10.9. The SMILES string of the molecule is CCC(C(C)C)P(=O)(OC(C)(C)C)SCOC(=O)C(C)(C)N. The van der Waals surface area contributed by atoms with Gasteiger partial charge in [-0.2, -0.15) is 0 Å². The first-order valence-electron chi connectivity index (χ1n) is 7.64. The van der Waals surface area contributed by atoms with Gasteiger partial charge >= 0.3 is 5.97 Å². The van der Waals surface area contributed by atoms with Crippen LogP contribution in [0.2, 0.25) is 0 Å². The van der Waals surface area contributed by atoms with Crippen molar-refractivity contribution in [3.8, 4) is 0 Å². The number of nitrogens with two attached hydrogens (primary N) is 1. The zero-order chi connectivity index (χ0) is 17.8. The maximum atomic E-state index is 13.4. The van der Waals surface area contributed by atoms with E-state index in [2.05, 4.69) is 0 Å².